The predicted molar refractivity (Wildman–Crippen MR) is 105 cm³/mol. The van der Waals surface area contributed by atoms with Crippen LogP contribution in [0.5, 0.6) is 5.75 Å². The number of nitrogens with one attached hydrogen (secondary N) is 1. The molecule has 0 amide bonds. The van der Waals surface area contributed by atoms with Crippen molar-refractivity contribution >= 4 is 17.2 Å². The van der Waals surface area contributed by atoms with Crippen molar-refractivity contribution in [3.8, 4) is 5.75 Å². The number of hydrogen-bond donors (Lipinski definition) is 2. The lowest BCUT2D eigenvalue weighted by molar-refractivity contribution is 0.414. The first-order valence-electron chi connectivity index (χ1n) is 8.29. The molecule has 0 bridgehead atoms. The highest BCUT2D eigenvalue weighted by molar-refractivity contribution is 5.89. The molecule has 0 aliphatic carbocycles. The Labute approximate surface area is 149 Å². The molecule has 2 aromatic carbocycles. The summed E-state index contributed by atoms with van der Waals surface area (Å²) < 4.78 is 5.23. The number of nitrogen functional groups attached to an aromatic ring is 1. The van der Waals surface area contributed by atoms with Crippen molar-refractivity contribution in [1.29, 1.82) is 0 Å². The Morgan fingerprint density at radius 2 is 1.72 bits per heavy atom. The van der Waals surface area contributed by atoms with Crippen LogP contribution >= 0.6 is 0 Å². The van der Waals surface area contributed by atoms with Gasteiger partial charge in [-0.2, -0.15) is 0 Å². The number of nitrogens with zero attached hydrogens (tertiary/aromatic N) is 2. The van der Waals surface area contributed by atoms with Crippen molar-refractivity contribution in [2.45, 2.75) is 26.9 Å². The van der Waals surface area contributed by atoms with E-state index in [-0.39, 0.29) is 0 Å². The van der Waals surface area contributed by atoms with Crippen LogP contribution in [-0.2, 0) is 13.1 Å². The molecule has 0 unspecified atom stereocenters. The normalized spacial score (nSPS) is 12.1. The molecule has 0 fully saturated rings. The second-order valence-electron chi connectivity index (χ2n) is 5.90. The van der Waals surface area contributed by atoms with E-state index >= 15 is 0 Å². The molecule has 0 spiro atoms. The fourth-order valence-corrected chi connectivity index (χ4v) is 2.20. The van der Waals surface area contributed by atoms with Gasteiger partial charge in [-0.25, -0.2) is 0 Å². The molecule has 132 valence electrons. The molecule has 3 N–H and O–H groups in total. The number of benzene rings is 2. The average molecular weight is 338 g/mol. The van der Waals surface area contributed by atoms with E-state index in [1.165, 1.54) is 0 Å². The lowest BCUT2D eigenvalue weighted by Gasteiger charge is -2.07. The third-order valence-electron chi connectivity index (χ3n) is 3.74. The molecule has 0 aliphatic heterocycles. The van der Waals surface area contributed by atoms with Crippen molar-refractivity contribution in [2.75, 3.05) is 19.4 Å². The number of hydrogen-bond acceptors (Lipinski definition) is 4. The van der Waals surface area contributed by atoms with Crippen LogP contribution in [0, 0.1) is 0 Å². The zero-order valence-electron chi connectivity index (χ0n) is 15.1. The standard InChI is InChI=1S/C20H26N4O/c1-15(22-14-18-5-4-6-20(11-18)25-3)12-23-16(2)24-13-17-7-9-19(21)10-8-17/h4-11H,12-14,21H2,1-3H3,(H,23,24). The summed E-state index contributed by atoms with van der Waals surface area (Å²) in [7, 11) is 1.67. The third-order valence-corrected chi connectivity index (χ3v) is 3.74. The van der Waals surface area contributed by atoms with Gasteiger partial charge in [0.15, 0.2) is 0 Å². The monoisotopic (exact) mass is 338 g/mol. The lowest BCUT2D eigenvalue weighted by Crippen LogP contribution is -2.26. The molecule has 0 heterocycles. The van der Waals surface area contributed by atoms with Gasteiger partial charge in [-0.3, -0.25) is 9.98 Å². The second kappa shape index (κ2) is 9.47. The lowest BCUT2D eigenvalue weighted by atomic mass is 10.2. The number of ether oxygens (including phenoxy) is 1. The van der Waals surface area contributed by atoms with E-state index in [0.717, 1.165) is 34.1 Å². The van der Waals surface area contributed by atoms with Crippen LogP contribution < -0.4 is 15.8 Å². The van der Waals surface area contributed by atoms with Crippen LogP contribution in [0.1, 0.15) is 25.0 Å². The SMILES string of the molecule is COc1cccc(CN=C(C)CNC(C)=NCc2ccc(N)cc2)c1. The maximum absolute atomic E-state index is 5.68. The van der Waals surface area contributed by atoms with Gasteiger partial charge in [0.2, 0.25) is 0 Å². The average Bonchev–Trinajstić information content (AvgIpc) is 2.64. The zero-order chi connectivity index (χ0) is 18.1. The van der Waals surface area contributed by atoms with Crippen LogP contribution in [0.25, 0.3) is 0 Å². The van der Waals surface area contributed by atoms with E-state index in [2.05, 4.69) is 15.3 Å². The van der Waals surface area contributed by atoms with Crippen LogP contribution in [0.4, 0.5) is 5.69 Å². The molecule has 25 heavy (non-hydrogen) atoms. The summed E-state index contributed by atoms with van der Waals surface area (Å²) in [5.41, 5.74) is 9.75. The smallest absolute Gasteiger partial charge is 0.119 e. The van der Waals surface area contributed by atoms with Crippen molar-refractivity contribution in [3.05, 3.63) is 59.7 Å². The van der Waals surface area contributed by atoms with E-state index in [1.807, 2.05) is 62.4 Å². The van der Waals surface area contributed by atoms with Gasteiger partial charge in [0, 0.05) is 11.4 Å². The number of aliphatic imine (C=N–C) groups is 2. The van der Waals surface area contributed by atoms with Gasteiger partial charge < -0.3 is 15.8 Å². The molecule has 0 saturated heterocycles. The topological polar surface area (TPSA) is 72.0 Å². The third kappa shape index (κ3) is 6.67. The van der Waals surface area contributed by atoms with Gasteiger partial charge in [-0.15, -0.1) is 0 Å². The zero-order valence-corrected chi connectivity index (χ0v) is 15.1. The number of methoxy groups -OCH3 is 1. The van der Waals surface area contributed by atoms with E-state index in [1.54, 1.807) is 7.11 Å². The van der Waals surface area contributed by atoms with Crippen LogP contribution in [-0.4, -0.2) is 25.2 Å². The summed E-state index contributed by atoms with van der Waals surface area (Å²) in [4.78, 5) is 9.13. The molecular weight excluding hydrogens is 312 g/mol. The quantitative estimate of drug-likeness (QED) is 0.461. The molecule has 5 nitrogen and oxygen atoms in total. The van der Waals surface area contributed by atoms with E-state index in [9.17, 15) is 0 Å². The Morgan fingerprint density at radius 1 is 1.00 bits per heavy atom. The Bertz CT molecular complexity index is 736. The molecule has 0 saturated carbocycles. The number of amidine groups is 1. The summed E-state index contributed by atoms with van der Waals surface area (Å²) in [5, 5.41) is 3.29. The summed E-state index contributed by atoms with van der Waals surface area (Å²) in [6, 6.07) is 15.7. The van der Waals surface area contributed by atoms with Crippen molar-refractivity contribution < 1.29 is 4.74 Å². The van der Waals surface area contributed by atoms with Gasteiger partial charge >= 0.3 is 0 Å². The molecule has 5 heteroatoms. The molecular formula is C20H26N4O. The Hall–Kier alpha value is -2.82. The fraction of sp³-hybridized carbons (Fsp3) is 0.300. The Kier molecular flexibility index (Phi) is 7.01. The number of nitrogens with two attached hydrogens (primary N) is 1. The van der Waals surface area contributed by atoms with Gasteiger partial charge in [-0.05, 0) is 49.2 Å². The summed E-state index contributed by atoms with van der Waals surface area (Å²) in [6.45, 7) is 5.94. The fourth-order valence-electron chi connectivity index (χ4n) is 2.20. The molecule has 2 rings (SSSR count). The summed E-state index contributed by atoms with van der Waals surface area (Å²) in [6.07, 6.45) is 0. The van der Waals surface area contributed by atoms with Crippen molar-refractivity contribution in [1.82, 2.24) is 5.32 Å². The van der Waals surface area contributed by atoms with E-state index in [4.69, 9.17) is 10.5 Å². The van der Waals surface area contributed by atoms with Crippen LogP contribution in [0.2, 0.25) is 0 Å². The predicted octanol–water partition coefficient (Wildman–Crippen LogP) is 3.45. The Morgan fingerprint density at radius 3 is 2.44 bits per heavy atom. The van der Waals surface area contributed by atoms with Gasteiger partial charge in [0.1, 0.15) is 5.75 Å². The minimum Gasteiger partial charge on any atom is -0.497 e. The van der Waals surface area contributed by atoms with Crippen LogP contribution in [0.3, 0.4) is 0 Å². The molecule has 0 atom stereocenters. The van der Waals surface area contributed by atoms with Crippen molar-refractivity contribution in [2.24, 2.45) is 9.98 Å². The molecule has 0 radical (unpaired) electrons. The highest BCUT2D eigenvalue weighted by Gasteiger charge is 1.97. The first kappa shape index (κ1) is 18.5. The number of rotatable bonds is 7. The van der Waals surface area contributed by atoms with Gasteiger partial charge in [0.25, 0.3) is 0 Å². The minimum atomic E-state index is 0.638. The van der Waals surface area contributed by atoms with Crippen LogP contribution in [0.15, 0.2) is 58.5 Å². The summed E-state index contributed by atoms with van der Waals surface area (Å²) >= 11 is 0. The minimum absolute atomic E-state index is 0.638. The van der Waals surface area contributed by atoms with E-state index in [0.29, 0.717) is 19.6 Å². The molecule has 0 aromatic heterocycles. The second-order valence-corrected chi connectivity index (χ2v) is 5.90. The Balaban J connectivity index is 1.80. The number of anilines is 1. The maximum atomic E-state index is 5.68. The first-order valence-corrected chi connectivity index (χ1v) is 8.29. The van der Waals surface area contributed by atoms with Crippen molar-refractivity contribution in [3.63, 3.8) is 0 Å². The van der Waals surface area contributed by atoms with E-state index < -0.39 is 0 Å². The molecule has 0 aliphatic rings. The first-order chi connectivity index (χ1) is 12.1. The van der Waals surface area contributed by atoms with Gasteiger partial charge in [0.05, 0.1) is 32.6 Å². The van der Waals surface area contributed by atoms with Gasteiger partial charge in [-0.1, -0.05) is 24.3 Å². The highest BCUT2D eigenvalue weighted by atomic mass is 16.5. The highest BCUT2D eigenvalue weighted by Crippen LogP contribution is 2.13. The maximum Gasteiger partial charge on any atom is 0.119 e. The summed E-state index contributed by atoms with van der Waals surface area (Å²) in [5.74, 6) is 1.75. The molecule has 2 aromatic rings. The largest absolute Gasteiger partial charge is 0.497 e.